The van der Waals surface area contributed by atoms with Crippen molar-refractivity contribution < 1.29 is 23.7 Å². The van der Waals surface area contributed by atoms with Gasteiger partial charge in [0, 0.05) is 5.69 Å². The maximum atomic E-state index is 13.6. The van der Waals surface area contributed by atoms with Crippen LogP contribution in [0.3, 0.4) is 0 Å². The molecule has 1 saturated heterocycles. The van der Waals surface area contributed by atoms with Gasteiger partial charge in [-0.2, -0.15) is 0 Å². The van der Waals surface area contributed by atoms with Crippen molar-refractivity contribution in [3.8, 4) is 5.75 Å². The smallest absolute Gasteiger partial charge is 0.282 e. The van der Waals surface area contributed by atoms with E-state index in [9.17, 15) is 9.18 Å². The van der Waals surface area contributed by atoms with Crippen molar-refractivity contribution in [2.75, 3.05) is 38.6 Å². The average Bonchev–Trinajstić information content (AvgIpc) is 2.70. The Morgan fingerprint density at radius 2 is 1.73 bits per heavy atom. The highest BCUT2D eigenvalue weighted by atomic mass is 19.1. The number of hydrogen-bond donors (Lipinski definition) is 3. The molecular formula is C24H34FN3O2+2. The molecule has 0 aliphatic carbocycles. The van der Waals surface area contributed by atoms with Crippen LogP contribution >= 0.6 is 0 Å². The van der Waals surface area contributed by atoms with E-state index in [2.05, 4.69) is 24.4 Å². The third kappa shape index (κ3) is 5.18. The van der Waals surface area contributed by atoms with E-state index in [-0.39, 0.29) is 17.8 Å². The highest BCUT2D eigenvalue weighted by Crippen LogP contribution is 2.22. The van der Waals surface area contributed by atoms with Crippen LogP contribution in [-0.4, -0.2) is 45.2 Å². The summed E-state index contributed by atoms with van der Waals surface area (Å²) in [5.74, 6) is 0.562. The molecule has 1 aliphatic heterocycles. The number of aryl methyl sites for hydroxylation is 3. The lowest BCUT2D eigenvalue weighted by atomic mass is 10.0. The molecule has 0 unspecified atom stereocenters. The van der Waals surface area contributed by atoms with E-state index in [1.807, 2.05) is 20.8 Å². The number of rotatable bonds is 6. The van der Waals surface area contributed by atoms with Crippen LogP contribution in [0.2, 0.25) is 0 Å². The van der Waals surface area contributed by atoms with Gasteiger partial charge >= 0.3 is 0 Å². The van der Waals surface area contributed by atoms with Crippen molar-refractivity contribution >= 4 is 11.6 Å². The van der Waals surface area contributed by atoms with E-state index < -0.39 is 0 Å². The molecule has 0 aromatic heterocycles. The topological polar surface area (TPSA) is 47.2 Å². The minimum absolute atomic E-state index is 0.0651. The fourth-order valence-electron chi connectivity index (χ4n) is 4.48. The molecule has 3 rings (SSSR count). The van der Waals surface area contributed by atoms with E-state index in [1.54, 1.807) is 19.2 Å². The Morgan fingerprint density at radius 1 is 1.10 bits per heavy atom. The predicted octanol–water partition coefficient (Wildman–Crippen LogP) is 1.07. The van der Waals surface area contributed by atoms with Crippen LogP contribution in [-0.2, 0) is 11.3 Å². The standard InChI is InChI=1S/C24H32FN3O2/c1-16-12-17(2)23(18(3)13-16)26-24(29)19(4)28-10-8-27(9-11-28)15-20-14-21(25)6-7-22(20)30-5/h6-7,12-14,19H,8-11,15H2,1-5H3,(H,26,29)/p+2/t19-/m0/s1. The lowest BCUT2D eigenvalue weighted by Gasteiger charge is -2.33. The molecule has 2 aromatic rings. The molecule has 2 aromatic carbocycles. The number of benzene rings is 2. The molecule has 0 spiro atoms. The molecule has 5 nitrogen and oxygen atoms in total. The van der Waals surface area contributed by atoms with Gasteiger partial charge in [-0.1, -0.05) is 17.7 Å². The molecule has 1 amide bonds. The van der Waals surface area contributed by atoms with Gasteiger partial charge in [-0.05, 0) is 57.0 Å². The maximum Gasteiger partial charge on any atom is 0.282 e. The summed E-state index contributed by atoms with van der Waals surface area (Å²) in [4.78, 5) is 15.6. The van der Waals surface area contributed by atoms with E-state index in [0.29, 0.717) is 0 Å². The first-order chi connectivity index (χ1) is 14.3. The number of hydrogen-bond acceptors (Lipinski definition) is 2. The van der Waals surface area contributed by atoms with Crippen LogP contribution < -0.4 is 19.9 Å². The van der Waals surface area contributed by atoms with Gasteiger partial charge in [-0.25, -0.2) is 4.39 Å². The molecule has 0 radical (unpaired) electrons. The Balaban J connectivity index is 1.57. The molecule has 30 heavy (non-hydrogen) atoms. The zero-order chi connectivity index (χ0) is 21.8. The zero-order valence-electron chi connectivity index (χ0n) is 18.7. The number of amides is 1. The summed E-state index contributed by atoms with van der Waals surface area (Å²) in [6, 6.07) is 8.76. The van der Waals surface area contributed by atoms with E-state index in [0.717, 1.165) is 60.9 Å². The highest BCUT2D eigenvalue weighted by Gasteiger charge is 2.31. The first-order valence-corrected chi connectivity index (χ1v) is 10.7. The Hall–Kier alpha value is -2.44. The second kappa shape index (κ2) is 9.58. The Kier molecular flexibility index (Phi) is 7.10. The van der Waals surface area contributed by atoms with E-state index >= 15 is 0 Å². The second-order valence-corrected chi connectivity index (χ2v) is 8.53. The molecule has 1 fully saturated rings. The first kappa shape index (κ1) is 22.2. The summed E-state index contributed by atoms with van der Waals surface area (Å²) in [6.45, 7) is 12.6. The van der Waals surface area contributed by atoms with Crippen molar-refractivity contribution in [2.45, 2.75) is 40.3 Å². The number of ether oxygens (including phenoxy) is 1. The van der Waals surface area contributed by atoms with E-state index in [4.69, 9.17) is 4.74 Å². The Morgan fingerprint density at radius 3 is 2.33 bits per heavy atom. The monoisotopic (exact) mass is 415 g/mol. The van der Waals surface area contributed by atoms with Gasteiger partial charge in [-0.15, -0.1) is 0 Å². The van der Waals surface area contributed by atoms with E-state index in [1.165, 1.54) is 21.4 Å². The van der Waals surface area contributed by atoms with Gasteiger partial charge in [0.05, 0.1) is 12.7 Å². The number of piperazine rings is 1. The number of anilines is 1. The summed E-state index contributed by atoms with van der Waals surface area (Å²) in [7, 11) is 1.62. The van der Waals surface area contributed by atoms with Gasteiger partial charge < -0.3 is 19.9 Å². The molecule has 1 aliphatic rings. The van der Waals surface area contributed by atoms with Crippen LogP contribution in [0.5, 0.6) is 5.75 Å². The van der Waals surface area contributed by atoms with Crippen LogP contribution in [0.15, 0.2) is 30.3 Å². The molecule has 1 heterocycles. The van der Waals surface area contributed by atoms with Crippen molar-refractivity contribution in [3.63, 3.8) is 0 Å². The Bertz CT molecular complexity index is 884. The minimum atomic E-state index is -0.235. The number of halogens is 1. The molecular weight excluding hydrogens is 381 g/mol. The molecule has 0 saturated carbocycles. The SMILES string of the molecule is COc1ccc(F)cc1C[NH+]1CC[NH+]([C@@H](C)C(=O)Nc2c(C)cc(C)cc2C)CC1. The van der Waals surface area contributed by atoms with Crippen LogP contribution in [0.25, 0.3) is 0 Å². The fraction of sp³-hybridized carbons (Fsp3) is 0.458. The lowest BCUT2D eigenvalue weighted by molar-refractivity contribution is -1.02. The highest BCUT2D eigenvalue weighted by molar-refractivity contribution is 5.95. The fourth-order valence-corrected chi connectivity index (χ4v) is 4.48. The quantitative estimate of drug-likeness (QED) is 0.661. The predicted molar refractivity (Wildman–Crippen MR) is 117 cm³/mol. The first-order valence-electron chi connectivity index (χ1n) is 10.7. The number of carbonyl (C=O) groups excluding carboxylic acids is 1. The van der Waals surface area contributed by atoms with Crippen molar-refractivity contribution in [1.82, 2.24) is 0 Å². The van der Waals surface area contributed by atoms with Gasteiger partial charge in [0.1, 0.15) is 44.3 Å². The average molecular weight is 416 g/mol. The van der Waals surface area contributed by atoms with Gasteiger partial charge in [0.25, 0.3) is 5.91 Å². The van der Waals surface area contributed by atoms with Crippen LogP contribution in [0.1, 0.15) is 29.2 Å². The van der Waals surface area contributed by atoms with Crippen molar-refractivity contribution in [1.29, 1.82) is 0 Å². The summed E-state index contributed by atoms with van der Waals surface area (Å²) in [5, 5.41) is 3.15. The van der Waals surface area contributed by atoms with Crippen LogP contribution in [0, 0.1) is 26.6 Å². The Labute approximate surface area is 178 Å². The molecule has 1 atom stereocenters. The number of nitrogens with one attached hydrogen (secondary N) is 3. The lowest BCUT2D eigenvalue weighted by Crippen LogP contribution is -3.29. The summed E-state index contributed by atoms with van der Waals surface area (Å²) in [5.41, 5.74) is 5.23. The van der Waals surface area contributed by atoms with Crippen molar-refractivity contribution in [3.05, 3.63) is 58.4 Å². The summed E-state index contributed by atoms with van der Waals surface area (Å²) in [6.07, 6.45) is 0. The number of quaternary nitrogens is 2. The molecule has 3 N–H and O–H groups in total. The van der Waals surface area contributed by atoms with Crippen LogP contribution in [0.4, 0.5) is 10.1 Å². The number of methoxy groups -OCH3 is 1. The van der Waals surface area contributed by atoms with Crippen molar-refractivity contribution in [2.24, 2.45) is 0 Å². The molecule has 6 heteroatoms. The number of carbonyl (C=O) groups is 1. The normalized spacial score (nSPS) is 19.9. The third-order valence-corrected chi connectivity index (χ3v) is 6.21. The molecule has 0 bridgehead atoms. The zero-order valence-corrected chi connectivity index (χ0v) is 18.7. The maximum absolute atomic E-state index is 13.6. The van der Waals surface area contributed by atoms with Gasteiger partial charge in [0.2, 0.25) is 0 Å². The van der Waals surface area contributed by atoms with Gasteiger partial charge in [-0.3, -0.25) is 4.79 Å². The summed E-state index contributed by atoms with van der Waals surface area (Å²) < 4.78 is 19.0. The molecule has 162 valence electrons. The van der Waals surface area contributed by atoms with Gasteiger partial charge in [0.15, 0.2) is 6.04 Å². The minimum Gasteiger partial charge on any atom is -0.496 e. The second-order valence-electron chi connectivity index (χ2n) is 8.53. The largest absolute Gasteiger partial charge is 0.496 e. The summed E-state index contributed by atoms with van der Waals surface area (Å²) >= 11 is 0. The third-order valence-electron chi connectivity index (χ3n) is 6.21.